The van der Waals surface area contributed by atoms with Crippen LogP contribution in [-0.2, 0) is 0 Å². The third kappa shape index (κ3) is 4.17. The van der Waals surface area contributed by atoms with Crippen LogP contribution in [0, 0.1) is 5.82 Å². The molecule has 0 saturated carbocycles. The quantitative estimate of drug-likeness (QED) is 0.870. The third-order valence-electron chi connectivity index (χ3n) is 4.33. The molecular formula is C17H28FN3. The zero-order chi connectivity index (χ0) is 15.2. The largest absolute Gasteiger partial charge is 0.367 e. The van der Waals surface area contributed by atoms with Crippen LogP contribution in [0.15, 0.2) is 18.2 Å². The molecule has 1 unspecified atom stereocenters. The summed E-state index contributed by atoms with van der Waals surface area (Å²) < 4.78 is 14.4. The maximum absolute atomic E-state index is 14.4. The summed E-state index contributed by atoms with van der Waals surface area (Å²) in [5, 5.41) is 3.40. The third-order valence-corrected chi connectivity index (χ3v) is 4.33. The first-order valence-electron chi connectivity index (χ1n) is 8.15. The minimum absolute atomic E-state index is 0.0948. The summed E-state index contributed by atoms with van der Waals surface area (Å²) in [6.07, 6.45) is 1.09. The van der Waals surface area contributed by atoms with Gasteiger partial charge in [-0.1, -0.05) is 19.9 Å². The Labute approximate surface area is 128 Å². The molecule has 0 amide bonds. The van der Waals surface area contributed by atoms with Crippen LogP contribution in [0.2, 0.25) is 0 Å². The number of anilines is 1. The van der Waals surface area contributed by atoms with E-state index < -0.39 is 0 Å². The second-order valence-electron chi connectivity index (χ2n) is 5.81. The Bertz CT molecular complexity index is 442. The molecular weight excluding hydrogens is 265 g/mol. The molecule has 2 rings (SSSR count). The number of nitrogens with zero attached hydrogens (tertiary/aromatic N) is 2. The van der Waals surface area contributed by atoms with Crippen molar-refractivity contribution < 1.29 is 4.39 Å². The van der Waals surface area contributed by atoms with Gasteiger partial charge < -0.3 is 15.1 Å². The van der Waals surface area contributed by atoms with Crippen LogP contribution in [0.25, 0.3) is 0 Å². The zero-order valence-electron chi connectivity index (χ0n) is 13.5. The van der Waals surface area contributed by atoms with Gasteiger partial charge in [-0.25, -0.2) is 4.39 Å². The minimum atomic E-state index is -0.0948. The number of piperazine rings is 1. The second-order valence-corrected chi connectivity index (χ2v) is 5.81. The van der Waals surface area contributed by atoms with E-state index in [9.17, 15) is 4.39 Å². The van der Waals surface area contributed by atoms with E-state index in [4.69, 9.17) is 0 Å². The number of rotatable bonds is 6. The van der Waals surface area contributed by atoms with Gasteiger partial charge in [0.15, 0.2) is 0 Å². The topological polar surface area (TPSA) is 18.5 Å². The summed E-state index contributed by atoms with van der Waals surface area (Å²) in [6, 6.07) is 5.88. The fourth-order valence-corrected chi connectivity index (χ4v) is 2.83. The molecule has 1 fully saturated rings. The highest BCUT2D eigenvalue weighted by atomic mass is 19.1. The van der Waals surface area contributed by atoms with Crippen molar-refractivity contribution in [2.45, 2.75) is 33.2 Å². The van der Waals surface area contributed by atoms with E-state index in [0.717, 1.165) is 56.9 Å². The van der Waals surface area contributed by atoms with Crippen molar-refractivity contribution in [2.75, 3.05) is 44.2 Å². The maximum atomic E-state index is 14.4. The van der Waals surface area contributed by atoms with Gasteiger partial charge in [0, 0.05) is 32.2 Å². The molecule has 1 aliphatic heterocycles. The molecule has 1 heterocycles. The highest BCUT2D eigenvalue weighted by Gasteiger charge is 2.19. The van der Waals surface area contributed by atoms with Gasteiger partial charge in [-0.15, -0.1) is 0 Å². The summed E-state index contributed by atoms with van der Waals surface area (Å²) in [7, 11) is 0. The van der Waals surface area contributed by atoms with Crippen molar-refractivity contribution in [3.8, 4) is 0 Å². The molecule has 1 aromatic carbocycles. The van der Waals surface area contributed by atoms with Gasteiger partial charge in [0.1, 0.15) is 5.82 Å². The molecule has 1 atom stereocenters. The van der Waals surface area contributed by atoms with Crippen LogP contribution in [0.3, 0.4) is 0 Å². The number of hydrogen-bond acceptors (Lipinski definition) is 3. The molecule has 0 aromatic heterocycles. The molecule has 3 nitrogen and oxygen atoms in total. The van der Waals surface area contributed by atoms with Crippen molar-refractivity contribution in [3.05, 3.63) is 29.6 Å². The molecule has 118 valence electrons. The van der Waals surface area contributed by atoms with E-state index in [2.05, 4.69) is 42.0 Å². The Hall–Kier alpha value is -1.13. The summed E-state index contributed by atoms with van der Waals surface area (Å²) in [5.74, 6) is -0.0948. The van der Waals surface area contributed by atoms with E-state index in [1.807, 2.05) is 6.07 Å². The summed E-state index contributed by atoms with van der Waals surface area (Å²) in [5.41, 5.74) is 1.77. The normalized spacial score (nSPS) is 18.0. The van der Waals surface area contributed by atoms with Crippen LogP contribution < -0.4 is 10.2 Å². The van der Waals surface area contributed by atoms with E-state index >= 15 is 0 Å². The summed E-state index contributed by atoms with van der Waals surface area (Å²) in [6.45, 7) is 12.3. The van der Waals surface area contributed by atoms with Gasteiger partial charge in [0.05, 0.1) is 5.69 Å². The number of benzene rings is 1. The monoisotopic (exact) mass is 293 g/mol. The van der Waals surface area contributed by atoms with Gasteiger partial charge in [-0.2, -0.15) is 0 Å². The average Bonchev–Trinajstić information content (AvgIpc) is 2.52. The average molecular weight is 293 g/mol. The lowest BCUT2D eigenvalue weighted by Crippen LogP contribution is -2.46. The minimum Gasteiger partial charge on any atom is -0.367 e. The molecule has 4 heteroatoms. The predicted octanol–water partition coefficient (Wildman–Crippen LogP) is 3.03. The lowest BCUT2D eigenvalue weighted by Gasteiger charge is -2.35. The first-order chi connectivity index (χ1) is 10.2. The van der Waals surface area contributed by atoms with E-state index in [0.29, 0.717) is 0 Å². The maximum Gasteiger partial charge on any atom is 0.146 e. The Morgan fingerprint density at radius 1 is 1.19 bits per heavy atom. The fraction of sp³-hybridized carbons (Fsp3) is 0.647. The van der Waals surface area contributed by atoms with Crippen molar-refractivity contribution in [2.24, 2.45) is 0 Å². The Kier molecular flexibility index (Phi) is 6.00. The standard InChI is InChI=1S/C17H28FN3/c1-4-8-19-14(3)15-6-7-17(16(18)13-15)21-11-9-20(5-2)10-12-21/h6-7,13-14,19H,4-5,8-12H2,1-3H3. The number of hydrogen-bond donors (Lipinski definition) is 1. The van der Waals surface area contributed by atoms with Crippen LogP contribution in [-0.4, -0.2) is 44.2 Å². The molecule has 1 aliphatic rings. The second kappa shape index (κ2) is 7.76. The number of halogens is 1. The number of likely N-dealkylation sites (N-methyl/N-ethyl adjacent to an activating group) is 1. The van der Waals surface area contributed by atoms with Gasteiger partial charge in [-0.3, -0.25) is 0 Å². The molecule has 0 radical (unpaired) electrons. The lowest BCUT2D eigenvalue weighted by atomic mass is 10.1. The first-order valence-corrected chi connectivity index (χ1v) is 8.15. The van der Waals surface area contributed by atoms with E-state index in [1.54, 1.807) is 6.07 Å². The van der Waals surface area contributed by atoms with Crippen molar-refractivity contribution >= 4 is 5.69 Å². The zero-order valence-corrected chi connectivity index (χ0v) is 13.5. The first kappa shape index (κ1) is 16.2. The SMILES string of the molecule is CCCNC(C)c1ccc(N2CCN(CC)CC2)c(F)c1. The molecule has 0 aliphatic carbocycles. The van der Waals surface area contributed by atoms with Crippen molar-refractivity contribution in [1.82, 2.24) is 10.2 Å². The van der Waals surface area contributed by atoms with Crippen LogP contribution in [0.4, 0.5) is 10.1 Å². The molecule has 0 spiro atoms. The molecule has 0 bridgehead atoms. The highest BCUT2D eigenvalue weighted by molar-refractivity contribution is 5.50. The van der Waals surface area contributed by atoms with Gasteiger partial charge in [0.25, 0.3) is 0 Å². The lowest BCUT2D eigenvalue weighted by molar-refractivity contribution is 0.270. The van der Waals surface area contributed by atoms with Crippen LogP contribution in [0.5, 0.6) is 0 Å². The van der Waals surface area contributed by atoms with Gasteiger partial charge in [-0.05, 0) is 44.1 Å². The van der Waals surface area contributed by atoms with E-state index in [-0.39, 0.29) is 11.9 Å². The Morgan fingerprint density at radius 3 is 2.48 bits per heavy atom. The Balaban J connectivity index is 2.02. The summed E-state index contributed by atoms with van der Waals surface area (Å²) >= 11 is 0. The number of nitrogens with one attached hydrogen (secondary N) is 1. The predicted molar refractivity (Wildman–Crippen MR) is 87.4 cm³/mol. The van der Waals surface area contributed by atoms with E-state index in [1.165, 1.54) is 0 Å². The molecule has 1 aromatic rings. The molecule has 1 N–H and O–H groups in total. The Morgan fingerprint density at radius 2 is 1.90 bits per heavy atom. The molecule has 21 heavy (non-hydrogen) atoms. The molecule has 1 saturated heterocycles. The van der Waals surface area contributed by atoms with Gasteiger partial charge in [0.2, 0.25) is 0 Å². The summed E-state index contributed by atoms with van der Waals surface area (Å²) in [4.78, 5) is 4.56. The highest BCUT2D eigenvalue weighted by Crippen LogP contribution is 2.24. The fourth-order valence-electron chi connectivity index (χ4n) is 2.83. The van der Waals surface area contributed by atoms with Crippen molar-refractivity contribution in [3.63, 3.8) is 0 Å². The van der Waals surface area contributed by atoms with Crippen LogP contribution in [0.1, 0.15) is 38.8 Å². The van der Waals surface area contributed by atoms with Crippen molar-refractivity contribution in [1.29, 1.82) is 0 Å². The smallest absolute Gasteiger partial charge is 0.146 e. The van der Waals surface area contributed by atoms with Gasteiger partial charge >= 0.3 is 0 Å². The van der Waals surface area contributed by atoms with Crippen LogP contribution >= 0.6 is 0 Å².